The SMILES string of the molecule is Cc1cnccc1N(C)N1c2ccccc2C(c2ccccc2)C1C. The molecule has 2 unspecified atom stereocenters. The third-order valence-electron chi connectivity index (χ3n) is 5.21. The minimum absolute atomic E-state index is 0.331. The molecule has 3 aromatic rings. The van der Waals surface area contributed by atoms with Crippen molar-refractivity contribution < 1.29 is 0 Å². The molecule has 0 amide bonds. The molecule has 2 aromatic carbocycles. The number of para-hydroxylation sites is 1. The van der Waals surface area contributed by atoms with E-state index in [4.69, 9.17) is 0 Å². The first-order valence-corrected chi connectivity index (χ1v) is 8.76. The van der Waals surface area contributed by atoms with Gasteiger partial charge in [0.05, 0.1) is 17.4 Å². The Morgan fingerprint density at radius 1 is 0.960 bits per heavy atom. The first-order chi connectivity index (χ1) is 12.2. The number of benzene rings is 2. The number of hydrogen-bond acceptors (Lipinski definition) is 3. The van der Waals surface area contributed by atoms with E-state index in [1.165, 1.54) is 28.1 Å². The maximum Gasteiger partial charge on any atom is 0.0630 e. The Hall–Kier alpha value is -2.81. The highest BCUT2D eigenvalue weighted by molar-refractivity contribution is 5.69. The number of nitrogens with zero attached hydrogens (tertiary/aromatic N) is 3. The Kier molecular flexibility index (Phi) is 3.92. The molecular formula is C22H23N3. The van der Waals surface area contributed by atoms with Gasteiger partial charge in [0.1, 0.15) is 0 Å². The predicted octanol–water partition coefficient (Wildman–Crippen LogP) is 4.78. The minimum atomic E-state index is 0.331. The zero-order chi connectivity index (χ0) is 17.4. The van der Waals surface area contributed by atoms with Gasteiger partial charge in [-0.15, -0.1) is 0 Å². The summed E-state index contributed by atoms with van der Waals surface area (Å²) in [6.45, 7) is 4.42. The Labute approximate surface area is 149 Å². The van der Waals surface area contributed by atoms with E-state index in [0.29, 0.717) is 12.0 Å². The second kappa shape index (κ2) is 6.25. The highest BCUT2D eigenvalue weighted by Gasteiger charge is 2.38. The fourth-order valence-corrected chi connectivity index (χ4v) is 4.08. The van der Waals surface area contributed by atoms with Gasteiger partial charge in [-0.25, -0.2) is 0 Å². The summed E-state index contributed by atoms with van der Waals surface area (Å²) in [4.78, 5) is 4.23. The highest BCUT2D eigenvalue weighted by atomic mass is 15.6. The maximum atomic E-state index is 4.23. The molecule has 25 heavy (non-hydrogen) atoms. The quantitative estimate of drug-likeness (QED) is 0.689. The Bertz CT molecular complexity index is 875. The number of rotatable bonds is 3. The van der Waals surface area contributed by atoms with Gasteiger partial charge in [0.2, 0.25) is 0 Å². The molecule has 0 saturated heterocycles. The fourth-order valence-electron chi connectivity index (χ4n) is 4.08. The second-order valence-electron chi connectivity index (χ2n) is 6.72. The van der Waals surface area contributed by atoms with Gasteiger partial charge in [0.15, 0.2) is 0 Å². The Morgan fingerprint density at radius 2 is 1.68 bits per heavy atom. The summed E-state index contributed by atoms with van der Waals surface area (Å²) in [6, 6.07) is 22.0. The molecule has 0 spiro atoms. The van der Waals surface area contributed by atoms with Crippen molar-refractivity contribution in [3.8, 4) is 0 Å². The van der Waals surface area contributed by atoms with Crippen LogP contribution in [0.3, 0.4) is 0 Å². The van der Waals surface area contributed by atoms with E-state index in [1.807, 2.05) is 12.4 Å². The molecule has 0 aliphatic carbocycles. The van der Waals surface area contributed by atoms with Crippen LogP contribution in [0.15, 0.2) is 73.1 Å². The predicted molar refractivity (Wildman–Crippen MR) is 104 cm³/mol. The molecule has 0 saturated carbocycles. The van der Waals surface area contributed by atoms with Gasteiger partial charge in [0.25, 0.3) is 0 Å². The summed E-state index contributed by atoms with van der Waals surface area (Å²) in [5, 5.41) is 4.68. The molecule has 1 aromatic heterocycles. The first kappa shape index (κ1) is 15.7. The van der Waals surface area contributed by atoms with Crippen molar-refractivity contribution in [2.75, 3.05) is 17.1 Å². The summed E-state index contributed by atoms with van der Waals surface area (Å²) < 4.78 is 0. The van der Waals surface area contributed by atoms with Crippen LogP contribution in [0.4, 0.5) is 11.4 Å². The lowest BCUT2D eigenvalue weighted by molar-refractivity contribution is 0.608. The summed E-state index contributed by atoms with van der Waals surface area (Å²) in [6.07, 6.45) is 3.79. The largest absolute Gasteiger partial charge is 0.288 e. The molecule has 3 heteroatoms. The van der Waals surface area contributed by atoms with Gasteiger partial charge >= 0.3 is 0 Å². The van der Waals surface area contributed by atoms with Gasteiger partial charge < -0.3 is 0 Å². The second-order valence-corrected chi connectivity index (χ2v) is 6.72. The monoisotopic (exact) mass is 329 g/mol. The van der Waals surface area contributed by atoms with Crippen LogP contribution in [0.25, 0.3) is 0 Å². The van der Waals surface area contributed by atoms with Crippen molar-refractivity contribution in [3.63, 3.8) is 0 Å². The normalized spacial score (nSPS) is 18.9. The van der Waals surface area contributed by atoms with Crippen molar-refractivity contribution in [1.29, 1.82) is 0 Å². The molecule has 126 valence electrons. The lowest BCUT2D eigenvalue weighted by Gasteiger charge is -2.37. The van der Waals surface area contributed by atoms with E-state index < -0.39 is 0 Å². The third-order valence-corrected chi connectivity index (χ3v) is 5.21. The van der Waals surface area contributed by atoms with Crippen LogP contribution < -0.4 is 10.0 Å². The fraction of sp³-hybridized carbons (Fsp3) is 0.227. The van der Waals surface area contributed by atoms with E-state index in [-0.39, 0.29) is 0 Å². The smallest absolute Gasteiger partial charge is 0.0630 e. The molecule has 0 fully saturated rings. The summed E-state index contributed by atoms with van der Waals surface area (Å²) in [5.41, 5.74) is 6.40. The standard InChI is InChI=1S/C22H23N3/c1-16-15-23-14-13-20(16)24(3)25-17(2)22(18-9-5-4-6-10-18)19-11-7-8-12-21(19)25/h4-15,17,22H,1-3H3. The van der Waals surface area contributed by atoms with Crippen molar-refractivity contribution in [2.24, 2.45) is 0 Å². The molecule has 0 radical (unpaired) electrons. The van der Waals surface area contributed by atoms with E-state index in [0.717, 1.165) is 0 Å². The molecular weight excluding hydrogens is 306 g/mol. The number of fused-ring (bicyclic) bond motifs is 1. The van der Waals surface area contributed by atoms with Crippen LogP contribution in [0.2, 0.25) is 0 Å². The van der Waals surface area contributed by atoms with Gasteiger partial charge in [0, 0.05) is 25.4 Å². The van der Waals surface area contributed by atoms with Gasteiger partial charge in [-0.2, -0.15) is 0 Å². The van der Waals surface area contributed by atoms with E-state index >= 15 is 0 Å². The van der Waals surface area contributed by atoms with Gasteiger partial charge in [-0.05, 0) is 42.7 Å². The Morgan fingerprint density at radius 3 is 2.44 bits per heavy atom. The number of anilines is 2. The molecule has 0 bridgehead atoms. The average Bonchev–Trinajstić information content (AvgIpc) is 2.94. The molecule has 3 nitrogen and oxygen atoms in total. The van der Waals surface area contributed by atoms with Gasteiger partial charge in [-0.3, -0.25) is 15.0 Å². The van der Waals surface area contributed by atoms with Crippen LogP contribution in [-0.4, -0.2) is 18.1 Å². The van der Waals surface area contributed by atoms with Crippen molar-refractivity contribution in [3.05, 3.63) is 89.7 Å². The maximum absolute atomic E-state index is 4.23. The van der Waals surface area contributed by atoms with Gasteiger partial charge in [-0.1, -0.05) is 48.5 Å². The Balaban J connectivity index is 1.81. The van der Waals surface area contributed by atoms with Crippen molar-refractivity contribution in [2.45, 2.75) is 25.8 Å². The summed E-state index contributed by atoms with van der Waals surface area (Å²) in [5.74, 6) is 0.363. The molecule has 2 atom stereocenters. The van der Waals surface area contributed by atoms with E-state index in [1.54, 1.807) is 0 Å². The lowest BCUT2D eigenvalue weighted by Crippen LogP contribution is -2.45. The first-order valence-electron chi connectivity index (χ1n) is 8.76. The topological polar surface area (TPSA) is 19.4 Å². The zero-order valence-corrected chi connectivity index (χ0v) is 14.9. The molecule has 4 rings (SSSR count). The van der Waals surface area contributed by atoms with Crippen LogP contribution in [0, 0.1) is 6.92 Å². The van der Waals surface area contributed by atoms with Crippen molar-refractivity contribution in [1.82, 2.24) is 4.98 Å². The van der Waals surface area contributed by atoms with E-state index in [9.17, 15) is 0 Å². The molecule has 0 N–H and O–H groups in total. The molecule has 2 heterocycles. The summed E-state index contributed by atoms with van der Waals surface area (Å²) >= 11 is 0. The lowest BCUT2D eigenvalue weighted by atomic mass is 9.89. The number of pyridine rings is 1. The molecule has 1 aliphatic rings. The number of hydrogen-bond donors (Lipinski definition) is 0. The van der Waals surface area contributed by atoms with Crippen LogP contribution in [-0.2, 0) is 0 Å². The minimum Gasteiger partial charge on any atom is -0.288 e. The third kappa shape index (κ3) is 2.56. The number of aryl methyl sites for hydroxylation is 1. The van der Waals surface area contributed by atoms with Crippen LogP contribution in [0.5, 0.6) is 0 Å². The summed E-state index contributed by atoms with van der Waals surface area (Å²) in [7, 11) is 2.14. The van der Waals surface area contributed by atoms with E-state index in [2.05, 4.69) is 96.6 Å². The van der Waals surface area contributed by atoms with Crippen LogP contribution in [0.1, 0.15) is 29.5 Å². The zero-order valence-electron chi connectivity index (χ0n) is 14.9. The average molecular weight is 329 g/mol. The highest BCUT2D eigenvalue weighted by Crippen LogP contribution is 2.45. The number of hydrazine groups is 1. The molecule has 1 aliphatic heterocycles. The van der Waals surface area contributed by atoms with Crippen LogP contribution >= 0.6 is 0 Å². The van der Waals surface area contributed by atoms with Crippen molar-refractivity contribution >= 4 is 11.4 Å². The number of aromatic nitrogens is 1.